The number of phosphoric acid groups is 1. The number of phosphoric ester groups is 1. The Morgan fingerprint density at radius 2 is 0.887 bits per heavy atom. The van der Waals surface area contributed by atoms with Crippen LogP contribution in [0.2, 0.25) is 0 Å². The molecule has 0 radical (unpaired) electrons. The molecular weight excluding hydrogens is 792 g/mol. The minimum atomic E-state index is -4.56. The zero-order chi connectivity index (χ0) is 45.7. The zero-order valence-corrected chi connectivity index (χ0v) is 43.0. The van der Waals surface area contributed by atoms with E-state index < -0.39 is 20.0 Å². The molecule has 0 aliphatic carbocycles. The number of carbonyl (C=O) groups excluding carboxylic acids is 1. The topological polar surface area (TPSA) is 108 Å². The van der Waals surface area contributed by atoms with E-state index in [1.807, 2.05) is 21.1 Å². The number of nitrogens with one attached hydrogen (secondary N) is 1. The summed E-state index contributed by atoms with van der Waals surface area (Å²) in [6, 6.07) is -0.795. The average Bonchev–Trinajstić information content (AvgIpc) is 3.23. The Kier molecular flexibility index (Phi) is 44.8. The second-order valence-corrected chi connectivity index (χ2v) is 21.4. The van der Waals surface area contributed by atoms with Crippen LogP contribution in [0.4, 0.5) is 0 Å². The van der Waals surface area contributed by atoms with Gasteiger partial charge < -0.3 is 28.8 Å². The quantitative estimate of drug-likeness (QED) is 0.0272. The second-order valence-electron chi connectivity index (χ2n) is 19.9. The lowest BCUT2D eigenvalue weighted by atomic mass is 10.0. The maximum Gasteiger partial charge on any atom is 0.268 e. The molecule has 0 spiro atoms. The molecule has 1 amide bonds. The molecule has 2 N–H and O–H groups in total. The molecular formula is C53H107N2O6P. The van der Waals surface area contributed by atoms with E-state index in [2.05, 4.69) is 31.3 Å². The molecule has 370 valence electrons. The van der Waals surface area contributed by atoms with Crippen molar-refractivity contribution in [3.05, 3.63) is 12.2 Å². The van der Waals surface area contributed by atoms with Gasteiger partial charge in [0.15, 0.2) is 0 Å². The van der Waals surface area contributed by atoms with E-state index in [1.165, 1.54) is 205 Å². The summed E-state index contributed by atoms with van der Waals surface area (Å²) in [4.78, 5) is 25.4. The predicted molar refractivity (Wildman–Crippen MR) is 266 cm³/mol. The third-order valence-electron chi connectivity index (χ3n) is 12.5. The minimum Gasteiger partial charge on any atom is -0.756 e. The maximum absolute atomic E-state index is 12.9. The summed E-state index contributed by atoms with van der Waals surface area (Å²) in [5, 5.41) is 13.9. The van der Waals surface area contributed by atoms with Crippen molar-refractivity contribution in [3.8, 4) is 0 Å². The molecule has 3 unspecified atom stereocenters. The number of aliphatic hydroxyl groups is 1. The van der Waals surface area contributed by atoms with Gasteiger partial charge in [0.25, 0.3) is 7.82 Å². The first-order valence-electron chi connectivity index (χ1n) is 27.0. The predicted octanol–water partition coefficient (Wildman–Crippen LogP) is 15.2. The third kappa shape index (κ3) is 47.2. The van der Waals surface area contributed by atoms with Crippen LogP contribution in [0.25, 0.3) is 0 Å². The number of carbonyl (C=O) groups is 1. The summed E-state index contributed by atoms with van der Waals surface area (Å²) in [5.74, 6) is -0.161. The molecule has 0 heterocycles. The van der Waals surface area contributed by atoms with Crippen molar-refractivity contribution in [2.24, 2.45) is 0 Å². The van der Waals surface area contributed by atoms with Crippen LogP contribution in [0.3, 0.4) is 0 Å². The van der Waals surface area contributed by atoms with Gasteiger partial charge in [-0.2, -0.15) is 0 Å². The van der Waals surface area contributed by atoms with Crippen molar-refractivity contribution in [1.29, 1.82) is 0 Å². The standard InChI is InChI=1S/C53H107N2O6P/c1-6-8-10-12-14-16-18-19-20-21-22-23-24-25-26-27-28-29-30-31-32-33-34-35-37-39-41-43-45-47-53(57)54-51(50-61-62(58,59)60-49-48-55(3,4)5)52(56)46-44-42-40-38-36-17-15-13-11-9-7-2/h21-22,51-52,56H,6-20,23-50H2,1-5H3,(H-,54,57,58,59)/b22-21-. The first kappa shape index (κ1) is 61.2. The van der Waals surface area contributed by atoms with Crippen molar-refractivity contribution in [2.75, 3.05) is 40.9 Å². The number of hydrogen-bond donors (Lipinski definition) is 2. The van der Waals surface area contributed by atoms with Gasteiger partial charge in [0.2, 0.25) is 5.91 Å². The Morgan fingerprint density at radius 1 is 0.548 bits per heavy atom. The lowest BCUT2D eigenvalue weighted by Crippen LogP contribution is -2.46. The fraction of sp³-hybridized carbons (Fsp3) is 0.943. The van der Waals surface area contributed by atoms with E-state index in [1.54, 1.807) is 0 Å². The van der Waals surface area contributed by atoms with Gasteiger partial charge in [-0.05, 0) is 38.5 Å². The number of amides is 1. The summed E-state index contributed by atoms with van der Waals surface area (Å²) >= 11 is 0. The van der Waals surface area contributed by atoms with E-state index in [-0.39, 0.29) is 19.1 Å². The molecule has 9 heteroatoms. The van der Waals surface area contributed by atoms with Crippen molar-refractivity contribution in [1.82, 2.24) is 5.32 Å². The van der Waals surface area contributed by atoms with Gasteiger partial charge in [-0.25, -0.2) is 0 Å². The third-order valence-corrected chi connectivity index (χ3v) is 13.5. The van der Waals surface area contributed by atoms with E-state index in [0.29, 0.717) is 23.9 Å². The average molecular weight is 899 g/mol. The van der Waals surface area contributed by atoms with Crippen LogP contribution in [0.1, 0.15) is 271 Å². The molecule has 0 aromatic heterocycles. The molecule has 3 atom stereocenters. The highest BCUT2D eigenvalue weighted by atomic mass is 31.2. The Balaban J connectivity index is 4.00. The van der Waals surface area contributed by atoms with Crippen LogP contribution in [0, 0.1) is 0 Å². The fourth-order valence-electron chi connectivity index (χ4n) is 8.21. The van der Waals surface area contributed by atoms with Crippen LogP contribution < -0.4 is 10.2 Å². The Bertz CT molecular complexity index is 1020. The Labute approximate surface area is 386 Å². The number of quaternary nitrogens is 1. The molecule has 0 saturated heterocycles. The maximum atomic E-state index is 12.9. The van der Waals surface area contributed by atoms with Gasteiger partial charge in [-0.3, -0.25) is 9.36 Å². The van der Waals surface area contributed by atoms with Gasteiger partial charge in [-0.15, -0.1) is 0 Å². The van der Waals surface area contributed by atoms with E-state index in [9.17, 15) is 19.4 Å². The second kappa shape index (κ2) is 45.4. The number of rotatable bonds is 50. The van der Waals surface area contributed by atoms with Crippen molar-refractivity contribution >= 4 is 13.7 Å². The van der Waals surface area contributed by atoms with Crippen molar-refractivity contribution < 1.29 is 32.9 Å². The lowest BCUT2D eigenvalue weighted by molar-refractivity contribution is -0.870. The van der Waals surface area contributed by atoms with Crippen molar-refractivity contribution in [2.45, 2.75) is 283 Å². The normalized spacial score (nSPS) is 14.1. The van der Waals surface area contributed by atoms with Gasteiger partial charge in [0.1, 0.15) is 13.2 Å². The molecule has 0 rings (SSSR count). The van der Waals surface area contributed by atoms with Gasteiger partial charge in [-0.1, -0.05) is 238 Å². The first-order valence-corrected chi connectivity index (χ1v) is 28.5. The van der Waals surface area contributed by atoms with E-state index >= 15 is 0 Å². The van der Waals surface area contributed by atoms with E-state index in [4.69, 9.17) is 9.05 Å². The molecule has 0 aliphatic heterocycles. The first-order chi connectivity index (χ1) is 30.0. The van der Waals surface area contributed by atoms with E-state index in [0.717, 1.165) is 38.5 Å². The van der Waals surface area contributed by atoms with Crippen LogP contribution in [0.15, 0.2) is 12.2 Å². The molecule has 0 fully saturated rings. The van der Waals surface area contributed by atoms with Crippen LogP contribution in [0.5, 0.6) is 0 Å². The fourth-order valence-corrected chi connectivity index (χ4v) is 8.94. The summed E-state index contributed by atoms with van der Waals surface area (Å²) < 4.78 is 23.3. The summed E-state index contributed by atoms with van der Waals surface area (Å²) in [6.07, 6.45) is 53.9. The van der Waals surface area contributed by atoms with Crippen molar-refractivity contribution in [3.63, 3.8) is 0 Å². The van der Waals surface area contributed by atoms with Gasteiger partial charge in [0, 0.05) is 6.42 Å². The van der Waals surface area contributed by atoms with Gasteiger partial charge in [0.05, 0.1) is 39.9 Å². The molecule has 0 aromatic rings. The monoisotopic (exact) mass is 899 g/mol. The smallest absolute Gasteiger partial charge is 0.268 e. The Hall–Kier alpha value is -0.760. The summed E-state index contributed by atoms with van der Waals surface area (Å²) in [5.41, 5.74) is 0. The molecule has 0 saturated carbocycles. The zero-order valence-electron chi connectivity index (χ0n) is 42.1. The SMILES string of the molecule is CCCCCCCCCC/C=C\CCCCCCCCCCCCCCCCCCCC(=O)NC(COP(=O)([O-])OCC[N+](C)(C)C)C(O)CCCCCCCCCCCCC. The number of aliphatic hydroxyl groups excluding tert-OH is 1. The summed E-state index contributed by atoms with van der Waals surface area (Å²) in [7, 11) is 1.32. The number of likely N-dealkylation sites (N-methyl/N-ethyl adjacent to an activating group) is 1. The molecule has 0 aliphatic rings. The summed E-state index contributed by atoms with van der Waals surface area (Å²) in [6.45, 7) is 4.74. The molecule has 0 bridgehead atoms. The molecule has 62 heavy (non-hydrogen) atoms. The number of allylic oxidation sites excluding steroid dienone is 2. The van der Waals surface area contributed by atoms with Crippen LogP contribution in [-0.2, 0) is 18.4 Å². The number of hydrogen-bond acceptors (Lipinski definition) is 6. The highest BCUT2D eigenvalue weighted by Crippen LogP contribution is 2.38. The lowest BCUT2D eigenvalue weighted by Gasteiger charge is -2.30. The molecule has 8 nitrogen and oxygen atoms in total. The largest absolute Gasteiger partial charge is 0.756 e. The van der Waals surface area contributed by atoms with Crippen LogP contribution in [-0.4, -0.2) is 68.5 Å². The minimum absolute atomic E-state index is 0.0149. The highest BCUT2D eigenvalue weighted by Gasteiger charge is 2.24. The number of unbranched alkanes of at least 4 members (excludes halogenated alkanes) is 35. The number of nitrogens with zero attached hydrogens (tertiary/aromatic N) is 1. The van der Waals surface area contributed by atoms with Crippen LogP contribution >= 0.6 is 7.82 Å². The van der Waals surface area contributed by atoms with Gasteiger partial charge >= 0.3 is 0 Å². The molecule has 0 aromatic carbocycles. The Morgan fingerprint density at radius 3 is 1.26 bits per heavy atom. The highest BCUT2D eigenvalue weighted by molar-refractivity contribution is 7.45.